The largest absolute Gasteiger partial charge is 0.493 e. The van der Waals surface area contributed by atoms with Crippen LogP contribution in [0.2, 0.25) is 18.1 Å². The van der Waals surface area contributed by atoms with Gasteiger partial charge in [0.2, 0.25) is 3.79 Å². The molecule has 13 heteroatoms. The molecule has 3 rings (SSSR count). The van der Waals surface area contributed by atoms with Crippen molar-refractivity contribution >= 4 is 60.8 Å². The maximum atomic E-state index is 13.8. The highest BCUT2D eigenvalue weighted by atomic mass is 35.6. The summed E-state index contributed by atoms with van der Waals surface area (Å²) in [5.41, 5.74) is 0.446. The molecular formula is C24H35Cl3N2O7Si. The number of carbonyl (C=O) groups is 2. The van der Waals surface area contributed by atoms with Crippen molar-refractivity contribution in [3.63, 3.8) is 0 Å². The number of hydrogen-bond acceptors (Lipinski definition) is 7. The van der Waals surface area contributed by atoms with Gasteiger partial charge in [-0.1, -0.05) is 55.6 Å². The van der Waals surface area contributed by atoms with Gasteiger partial charge in [-0.25, -0.2) is 4.79 Å². The van der Waals surface area contributed by atoms with Gasteiger partial charge in [0.1, 0.15) is 6.61 Å². The number of ether oxygens (including phenoxy) is 3. The van der Waals surface area contributed by atoms with E-state index < -0.39 is 43.0 Å². The first-order chi connectivity index (χ1) is 17.0. The van der Waals surface area contributed by atoms with Gasteiger partial charge >= 0.3 is 6.09 Å². The molecule has 1 aromatic carbocycles. The Balaban J connectivity index is 2.18. The van der Waals surface area contributed by atoms with E-state index in [1.807, 2.05) is 0 Å². The number of amides is 2. The van der Waals surface area contributed by atoms with E-state index in [-0.39, 0.29) is 41.8 Å². The molecule has 1 N–H and O–H groups in total. The fourth-order valence-electron chi connectivity index (χ4n) is 4.33. The quantitative estimate of drug-likeness (QED) is 0.364. The smallest absolute Gasteiger partial charge is 0.414 e. The zero-order valence-electron chi connectivity index (χ0n) is 22.1. The lowest BCUT2D eigenvalue weighted by Crippen LogP contribution is -2.55. The number of alkyl halides is 3. The van der Waals surface area contributed by atoms with Gasteiger partial charge in [0.15, 0.2) is 19.8 Å². The Bertz CT molecular complexity index is 1030. The molecular weight excluding hydrogens is 563 g/mol. The third kappa shape index (κ3) is 6.42. The van der Waals surface area contributed by atoms with Crippen molar-refractivity contribution in [3.05, 3.63) is 17.7 Å². The summed E-state index contributed by atoms with van der Waals surface area (Å²) in [6.45, 7) is 10.3. The lowest BCUT2D eigenvalue weighted by molar-refractivity contribution is 0.0688. The first-order valence-corrected chi connectivity index (χ1v) is 16.0. The summed E-state index contributed by atoms with van der Waals surface area (Å²) in [6, 6.07) is 1.83. The molecule has 2 amide bonds. The van der Waals surface area contributed by atoms with E-state index in [0.717, 1.165) is 0 Å². The Labute approximate surface area is 233 Å². The van der Waals surface area contributed by atoms with Crippen molar-refractivity contribution in [3.8, 4) is 11.5 Å². The first-order valence-electron chi connectivity index (χ1n) is 11.9. The van der Waals surface area contributed by atoms with Crippen molar-refractivity contribution in [2.75, 3.05) is 38.9 Å². The second-order valence-electron chi connectivity index (χ2n) is 10.8. The van der Waals surface area contributed by atoms with Crippen LogP contribution >= 0.6 is 34.8 Å². The maximum Gasteiger partial charge on any atom is 0.414 e. The Morgan fingerprint density at radius 3 is 2.27 bits per heavy atom. The molecule has 208 valence electrons. The van der Waals surface area contributed by atoms with Gasteiger partial charge in [-0.15, -0.1) is 0 Å². The van der Waals surface area contributed by atoms with Gasteiger partial charge in [0, 0.05) is 12.6 Å². The van der Waals surface area contributed by atoms with Crippen molar-refractivity contribution in [1.29, 1.82) is 0 Å². The zero-order valence-corrected chi connectivity index (χ0v) is 25.4. The number of carbonyl (C=O) groups excluding carboxylic acids is 2. The van der Waals surface area contributed by atoms with Crippen LogP contribution in [0.4, 0.5) is 10.5 Å². The fraction of sp³-hybridized carbons (Fsp3) is 0.667. The molecule has 0 saturated carbocycles. The summed E-state index contributed by atoms with van der Waals surface area (Å²) in [6.07, 6.45) is -1.32. The molecule has 3 atom stereocenters. The van der Waals surface area contributed by atoms with E-state index >= 15 is 0 Å². The number of halogens is 3. The first kappa shape index (κ1) is 30.1. The molecule has 37 heavy (non-hydrogen) atoms. The van der Waals surface area contributed by atoms with Crippen molar-refractivity contribution < 1.29 is 33.3 Å². The van der Waals surface area contributed by atoms with E-state index in [1.165, 1.54) is 25.2 Å². The molecule has 1 fully saturated rings. The van der Waals surface area contributed by atoms with Crippen LogP contribution in [0.5, 0.6) is 11.5 Å². The van der Waals surface area contributed by atoms with E-state index in [2.05, 4.69) is 33.9 Å². The number of fused-ring (bicyclic) bond motifs is 2. The van der Waals surface area contributed by atoms with Gasteiger partial charge in [-0.2, -0.15) is 0 Å². The fourth-order valence-corrected chi connectivity index (χ4v) is 5.51. The average molecular weight is 598 g/mol. The second-order valence-corrected chi connectivity index (χ2v) is 18.1. The van der Waals surface area contributed by atoms with Crippen LogP contribution in [0.15, 0.2) is 12.1 Å². The van der Waals surface area contributed by atoms with Crippen molar-refractivity contribution in [2.24, 2.45) is 0 Å². The van der Waals surface area contributed by atoms with Gasteiger partial charge in [-0.3, -0.25) is 9.69 Å². The summed E-state index contributed by atoms with van der Waals surface area (Å²) in [5, 5.41) is 10.5. The van der Waals surface area contributed by atoms with E-state index in [4.69, 9.17) is 53.4 Å². The van der Waals surface area contributed by atoms with Gasteiger partial charge < -0.3 is 28.6 Å². The molecule has 9 nitrogen and oxygen atoms in total. The number of methoxy groups -OCH3 is 2. The topological polar surface area (TPSA) is 97.8 Å². The average Bonchev–Trinajstić information content (AvgIpc) is 3.15. The van der Waals surface area contributed by atoms with Crippen LogP contribution in [-0.2, 0) is 9.16 Å². The molecule has 2 aliphatic heterocycles. The van der Waals surface area contributed by atoms with Crippen LogP contribution in [0, 0.1) is 0 Å². The summed E-state index contributed by atoms with van der Waals surface area (Å²) in [7, 11) is 0.641. The van der Waals surface area contributed by atoms with Gasteiger partial charge in [0.25, 0.3) is 5.91 Å². The number of benzene rings is 1. The number of aliphatic hydroxyl groups excluding tert-OH is 1. The van der Waals surface area contributed by atoms with E-state index in [9.17, 15) is 14.7 Å². The molecule has 0 aromatic heterocycles. The lowest BCUT2D eigenvalue weighted by atomic mass is 10.0. The minimum Gasteiger partial charge on any atom is -0.493 e. The summed E-state index contributed by atoms with van der Waals surface area (Å²) in [4.78, 5) is 30.4. The zero-order chi connectivity index (χ0) is 27.9. The van der Waals surface area contributed by atoms with E-state index in [1.54, 1.807) is 11.0 Å². The Hall–Kier alpha value is -1.43. The molecule has 2 aliphatic rings. The molecule has 0 aliphatic carbocycles. The third-order valence-corrected chi connectivity index (χ3v) is 12.2. The molecule has 0 bridgehead atoms. The molecule has 1 saturated heterocycles. The van der Waals surface area contributed by atoms with E-state index in [0.29, 0.717) is 11.5 Å². The highest BCUT2D eigenvalue weighted by Crippen LogP contribution is 2.43. The lowest BCUT2D eigenvalue weighted by Gasteiger charge is -2.41. The molecule has 0 spiro atoms. The van der Waals surface area contributed by atoms with Crippen LogP contribution in [-0.4, -0.2) is 86.3 Å². The minimum atomic E-state index is -2.27. The van der Waals surface area contributed by atoms with Crippen LogP contribution < -0.4 is 14.4 Å². The molecule has 0 unspecified atom stereocenters. The van der Waals surface area contributed by atoms with Crippen LogP contribution in [0.3, 0.4) is 0 Å². The number of hydrogen-bond donors (Lipinski definition) is 1. The SMILES string of the molecule is COc1cc2c(cc1OC)N(C(=O)OCC(Cl)(Cl)Cl)[C@H](CO[Si](C)(C)C(C)(C)C)[C@@H]1C[C@@H](O)CN1C2=O. The van der Waals surface area contributed by atoms with Crippen LogP contribution in [0.25, 0.3) is 0 Å². The maximum absolute atomic E-state index is 13.8. The van der Waals surface area contributed by atoms with Crippen LogP contribution in [0.1, 0.15) is 37.6 Å². The predicted octanol–water partition coefficient (Wildman–Crippen LogP) is 5.00. The molecule has 0 radical (unpaired) electrons. The van der Waals surface area contributed by atoms with Crippen molar-refractivity contribution in [1.82, 2.24) is 4.90 Å². The number of nitrogens with zero attached hydrogens (tertiary/aromatic N) is 2. The summed E-state index contributed by atoms with van der Waals surface area (Å²) >= 11 is 17.6. The van der Waals surface area contributed by atoms with Crippen molar-refractivity contribution in [2.45, 2.75) is 67.3 Å². The highest BCUT2D eigenvalue weighted by Gasteiger charge is 2.49. The normalized spacial score (nSPS) is 22.4. The molecule has 2 heterocycles. The number of rotatable bonds is 6. The molecule has 1 aromatic rings. The monoisotopic (exact) mass is 596 g/mol. The Kier molecular flexibility index (Phi) is 8.93. The summed E-state index contributed by atoms with van der Waals surface area (Å²) < 4.78 is 21.0. The standard InChI is InChI=1S/C24H35Cl3N2O7Si/c1-23(2,3)37(6,7)36-12-18-17-8-14(30)11-28(17)21(31)15-9-19(33-4)20(34-5)10-16(15)29(18)22(32)35-13-24(25,26)27/h9-10,14,17-18,30H,8,11-13H2,1-7H3/t14-,17+,18-/m1/s1. The van der Waals surface area contributed by atoms with Gasteiger partial charge in [-0.05, 0) is 30.6 Å². The van der Waals surface area contributed by atoms with Gasteiger partial charge in [0.05, 0.1) is 50.3 Å². The second kappa shape index (κ2) is 11.0. The minimum absolute atomic E-state index is 0.0995. The predicted molar refractivity (Wildman–Crippen MR) is 146 cm³/mol. The number of aliphatic hydroxyl groups is 1. The Morgan fingerprint density at radius 1 is 1.14 bits per heavy atom. The highest BCUT2D eigenvalue weighted by molar-refractivity contribution is 6.74. The summed E-state index contributed by atoms with van der Waals surface area (Å²) in [5.74, 6) is 0.280. The third-order valence-electron chi connectivity index (χ3n) is 7.33. The number of anilines is 1. The Morgan fingerprint density at radius 2 is 1.73 bits per heavy atom.